The molecule has 3 N–H and O–H groups in total. The van der Waals surface area contributed by atoms with E-state index in [1.807, 2.05) is 6.07 Å². The van der Waals surface area contributed by atoms with Gasteiger partial charge in [-0.05, 0) is 40.5 Å². The van der Waals surface area contributed by atoms with Crippen molar-refractivity contribution in [2.24, 2.45) is 5.73 Å². The van der Waals surface area contributed by atoms with Gasteiger partial charge in [0, 0.05) is 6.54 Å². The average Bonchev–Trinajstić information content (AvgIpc) is 2.46. The Labute approximate surface area is 126 Å². The van der Waals surface area contributed by atoms with Crippen LogP contribution in [0.1, 0.15) is 12.5 Å². The van der Waals surface area contributed by atoms with Gasteiger partial charge in [-0.1, -0.05) is 5.92 Å². The van der Waals surface area contributed by atoms with Crippen LogP contribution in [0.2, 0.25) is 0 Å². The fraction of sp³-hybridized carbons (Fsp3) is 0.357. The molecular formula is C14H17BrN2O3. The number of carbonyl (C=O) groups is 1. The van der Waals surface area contributed by atoms with Gasteiger partial charge in [-0.3, -0.25) is 4.79 Å². The topological polar surface area (TPSA) is 73.6 Å². The molecule has 1 rings (SSSR count). The number of halogens is 1. The number of hydrogen-bond donors (Lipinski definition) is 2. The highest BCUT2D eigenvalue weighted by Gasteiger charge is 2.19. The van der Waals surface area contributed by atoms with Crippen LogP contribution in [-0.2, 0) is 11.3 Å². The zero-order chi connectivity index (χ0) is 15.1. The van der Waals surface area contributed by atoms with Gasteiger partial charge in [0.15, 0.2) is 17.6 Å². The van der Waals surface area contributed by atoms with Crippen LogP contribution in [0.25, 0.3) is 0 Å². The molecule has 1 atom stereocenters. The van der Waals surface area contributed by atoms with E-state index >= 15 is 0 Å². The highest BCUT2D eigenvalue weighted by molar-refractivity contribution is 9.10. The summed E-state index contributed by atoms with van der Waals surface area (Å²) in [4.78, 5) is 11.7. The van der Waals surface area contributed by atoms with E-state index in [1.165, 1.54) is 7.11 Å². The molecule has 1 amide bonds. The molecule has 20 heavy (non-hydrogen) atoms. The van der Waals surface area contributed by atoms with Gasteiger partial charge in [0.2, 0.25) is 0 Å². The maximum atomic E-state index is 11.7. The smallest absolute Gasteiger partial charge is 0.261 e. The number of rotatable bonds is 6. The SMILES string of the molecule is C#CCNC(=O)C(C)Oc1c(Br)cc(CN)cc1OC. The average molecular weight is 341 g/mol. The largest absolute Gasteiger partial charge is 0.493 e. The second-order valence-electron chi connectivity index (χ2n) is 4.00. The summed E-state index contributed by atoms with van der Waals surface area (Å²) in [6.45, 7) is 2.18. The summed E-state index contributed by atoms with van der Waals surface area (Å²) >= 11 is 3.39. The van der Waals surface area contributed by atoms with E-state index in [9.17, 15) is 4.79 Å². The van der Waals surface area contributed by atoms with Crippen LogP contribution < -0.4 is 20.5 Å². The van der Waals surface area contributed by atoms with E-state index in [1.54, 1.807) is 13.0 Å². The maximum absolute atomic E-state index is 11.7. The Morgan fingerprint density at radius 1 is 1.60 bits per heavy atom. The van der Waals surface area contributed by atoms with Gasteiger partial charge >= 0.3 is 0 Å². The molecule has 1 unspecified atom stereocenters. The van der Waals surface area contributed by atoms with E-state index in [-0.39, 0.29) is 12.5 Å². The van der Waals surface area contributed by atoms with Crippen LogP contribution in [0.15, 0.2) is 16.6 Å². The van der Waals surface area contributed by atoms with Crippen molar-refractivity contribution >= 4 is 21.8 Å². The molecule has 0 spiro atoms. The number of carbonyl (C=O) groups excluding carboxylic acids is 1. The van der Waals surface area contributed by atoms with Crippen LogP contribution in [0.5, 0.6) is 11.5 Å². The van der Waals surface area contributed by atoms with E-state index in [0.29, 0.717) is 22.5 Å². The number of nitrogens with two attached hydrogens (primary N) is 1. The zero-order valence-electron chi connectivity index (χ0n) is 11.4. The van der Waals surface area contributed by atoms with Crippen molar-refractivity contribution < 1.29 is 14.3 Å². The van der Waals surface area contributed by atoms with Crippen molar-refractivity contribution in [2.75, 3.05) is 13.7 Å². The molecule has 0 aliphatic heterocycles. The molecule has 0 fully saturated rings. The normalized spacial score (nSPS) is 11.3. The van der Waals surface area contributed by atoms with Gasteiger partial charge in [0.25, 0.3) is 5.91 Å². The fourth-order valence-corrected chi connectivity index (χ4v) is 2.10. The Morgan fingerprint density at radius 2 is 2.30 bits per heavy atom. The van der Waals surface area contributed by atoms with Crippen LogP contribution in [0.3, 0.4) is 0 Å². The number of nitrogens with one attached hydrogen (secondary N) is 1. The van der Waals surface area contributed by atoms with Crippen molar-refractivity contribution in [3.8, 4) is 23.8 Å². The second kappa shape index (κ2) is 7.78. The molecule has 0 heterocycles. The van der Waals surface area contributed by atoms with Crippen LogP contribution >= 0.6 is 15.9 Å². The van der Waals surface area contributed by atoms with Crippen molar-refractivity contribution in [3.05, 3.63) is 22.2 Å². The Kier molecular flexibility index (Phi) is 6.36. The standard InChI is InChI=1S/C14H17BrN2O3/c1-4-5-17-14(18)9(2)20-13-11(15)6-10(8-16)7-12(13)19-3/h1,6-7,9H,5,8,16H2,2-3H3,(H,17,18). The summed E-state index contributed by atoms with van der Waals surface area (Å²) in [5, 5.41) is 2.56. The first kappa shape index (κ1) is 16.3. The maximum Gasteiger partial charge on any atom is 0.261 e. The first-order valence-corrected chi connectivity index (χ1v) is 6.77. The van der Waals surface area contributed by atoms with E-state index in [0.717, 1.165) is 5.56 Å². The molecule has 0 aliphatic rings. The summed E-state index contributed by atoms with van der Waals surface area (Å²) in [6.07, 6.45) is 4.39. The number of methoxy groups -OCH3 is 1. The van der Waals surface area contributed by atoms with Crippen LogP contribution in [0.4, 0.5) is 0 Å². The lowest BCUT2D eigenvalue weighted by Gasteiger charge is -2.18. The monoisotopic (exact) mass is 340 g/mol. The second-order valence-corrected chi connectivity index (χ2v) is 4.85. The summed E-state index contributed by atoms with van der Waals surface area (Å²) in [6, 6.07) is 3.59. The van der Waals surface area contributed by atoms with Gasteiger partial charge in [0.05, 0.1) is 18.1 Å². The number of terminal acetylenes is 1. The predicted molar refractivity (Wildman–Crippen MR) is 80.5 cm³/mol. The van der Waals surface area contributed by atoms with Crippen molar-refractivity contribution in [1.82, 2.24) is 5.32 Å². The molecule has 6 heteroatoms. The molecule has 5 nitrogen and oxygen atoms in total. The number of ether oxygens (including phenoxy) is 2. The lowest BCUT2D eigenvalue weighted by molar-refractivity contribution is -0.127. The highest BCUT2D eigenvalue weighted by Crippen LogP contribution is 2.37. The van der Waals surface area contributed by atoms with Crippen LogP contribution in [0, 0.1) is 12.3 Å². The third-order valence-electron chi connectivity index (χ3n) is 2.55. The van der Waals surface area contributed by atoms with Gasteiger partial charge in [-0.2, -0.15) is 0 Å². The lowest BCUT2D eigenvalue weighted by Crippen LogP contribution is -2.36. The lowest BCUT2D eigenvalue weighted by atomic mass is 10.2. The number of benzene rings is 1. The molecule has 0 saturated heterocycles. The molecule has 0 radical (unpaired) electrons. The Balaban J connectivity index is 2.91. The van der Waals surface area contributed by atoms with Gasteiger partial charge in [-0.15, -0.1) is 6.42 Å². The Hall–Kier alpha value is -1.71. The van der Waals surface area contributed by atoms with E-state index in [2.05, 4.69) is 27.2 Å². The quantitative estimate of drug-likeness (QED) is 0.768. The number of amides is 1. The minimum atomic E-state index is -0.697. The van der Waals surface area contributed by atoms with Gasteiger partial charge in [0.1, 0.15) is 0 Å². The fourth-order valence-electron chi connectivity index (χ4n) is 1.52. The molecule has 0 aliphatic carbocycles. The van der Waals surface area contributed by atoms with Crippen molar-refractivity contribution in [3.63, 3.8) is 0 Å². The first-order chi connectivity index (χ1) is 9.53. The zero-order valence-corrected chi connectivity index (χ0v) is 13.0. The Bertz CT molecular complexity index is 526. The van der Waals surface area contributed by atoms with E-state index in [4.69, 9.17) is 21.6 Å². The number of hydrogen-bond acceptors (Lipinski definition) is 4. The summed E-state index contributed by atoms with van der Waals surface area (Å²) in [7, 11) is 1.53. The van der Waals surface area contributed by atoms with Gasteiger partial charge < -0.3 is 20.5 Å². The highest BCUT2D eigenvalue weighted by atomic mass is 79.9. The molecular weight excluding hydrogens is 324 g/mol. The summed E-state index contributed by atoms with van der Waals surface area (Å²) < 4.78 is 11.6. The summed E-state index contributed by atoms with van der Waals surface area (Å²) in [5.74, 6) is 3.00. The molecule has 0 aromatic heterocycles. The minimum absolute atomic E-state index is 0.164. The third kappa shape index (κ3) is 4.15. The predicted octanol–water partition coefficient (Wildman–Crippen LogP) is 1.43. The molecule has 1 aromatic carbocycles. The summed E-state index contributed by atoms with van der Waals surface area (Å²) in [5.41, 5.74) is 6.49. The van der Waals surface area contributed by atoms with Crippen LogP contribution in [-0.4, -0.2) is 25.7 Å². The van der Waals surface area contributed by atoms with E-state index < -0.39 is 6.10 Å². The molecule has 108 valence electrons. The van der Waals surface area contributed by atoms with Gasteiger partial charge in [-0.25, -0.2) is 0 Å². The first-order valence-electron chi connectivity index (χ1n) is 5.97. The Morgan fingerprint density at radius 3 is 2.85 bits per heavy atom. The molecule has 0 bridgehead atoms. The molecule has 0 saturated carbocycles. The minimum Gasteiger partial charge on any atom is -0.493 e. The third-order valence-corrected chi connectivity index (χ3v) is 3.14. The van der Waals surface area contributed by atoms with Crippen molar-refractivity contribution in [1.29, 1.82) is 0 Å². The van der Waals surface area contributed by atoms with Crippen molar-refractivity contribution in [2.45, 2.75) is 19.6 Å². The molecule has 1 aromatic rings.